The molecule has 6 nitrogen and oxygen atoms in total. The van der Waals surface area contributed by atoms with E-state index in [9.17, 15) is 0 Å². The third-order valence-electron chi connectivity index (χ3n) is 0. The van der Waals surface area contributed by atoms with Crippen LogP contribution in [-0.4, -0.2) is 0 Å². The van der Waals surface area contributed by atoms with Gasteiger partial charge in [-0.25, -0.2) is 0 Å². The van der Waals surface area contributed by atoms with Crippen LogP contribution in [0.1, 0.15) is 0 Å². The summed E-state index contributed by atoms with van der Waals surface area (Å²) in [6, 6.07) is 0. The van der Waals surface area contributed by atoms with E-state index in [1.54, 1.807) is 0 Å². The van der Waals surface area contributed by atoms with E-state index in [0.29, 0.717) is 0 Å². The van der Waals surface area contributed by atoms with Crippen molar-refractivity contribution in [2.75, 3.05) is 0 Å². The fraction of sp³-hybridized carbons (Fsp3) is 0. The van der Waals surface area contributed by atoms with Gasteiger partial charge in [-0.15, -0.1) is 0 Å². The van der Waals surface area contributed by atoms with Gasteiger partial charge in [0.05, 0.1) is 0 Å². The Kier molecular flexibility index (Phi) is 368000. The Morgan fingerprint density at radius 3 is 0.286 bits per heavy atom. The second kappa shape index (κ2) is 1260. The number of hydrogen-bond donors (Lipinski definition) is 6. The van der Waals surface area contributed by atoms with Crippen LogP contribution in [0.15, 0.2) is 0 Å². The van der Waals surface area contributed by atoms with E-state index in [4.69, 9.17) is 0 Å². The van der Waals surface area contributed by atoms with Crippen LogP contribution in [0.25, 0.3) is 0 Å². The van der Waals surface area contributed by atoms with Gasteiger partial charge >= 0.3 is 19.5 Å². The molecule has 0 aromatic heterocycles. The van der Waals surface area contributed by atoms with Crippen molar-refractivity contribution in [3.63, 3.8) is 0 Å². The van der Waals surface area contributed by atoms with Gasteiger partial charge in [-0.1, -0.05) is 0 Å². The van der Waals surface area contributed by atoms with Crippen LogP contribution < -0.4 is 36.9 Å². The second-order valence-corrected chi connectivity index (χ2v) is 0. The zero-order chi connectivity index (χ0) is 0. The molecular weight excluding hydrogens is 187 g/mol. The van der Waals surface area contributed by atoms with Crippen LogP contribution in [-0.2, 0) is 19.5 Å². The minimum absolute atomic E-state index is 0. The summed E-state index contributed by atoms with van der Waals surface area (Å²) >= 11 is 0. The van der Waals surface area contributed by atoms with Crippen LogP contribution in [0.3, 0.4) is 0 Å². The van der Waals surface area contributed by atoms with Crippen molar-refractivity contribution < 1.29 is 19.5 Å². The zero-order valence-electron chi connectivity index (χ0n) is 4.58. The van der Waals surface area contributed by atoms with E-state index >= 15 is 0 Å². The predicted molar refractivity (Wildman–Crippen MR) is 30.1 cm³/mol. The van der Waals surface area contributed by atoms with Crippen LogP contribution in [0.5, 0.6) is 0 Å². The summed E-state index contributed by atoms with van der Waals surface area (Å²) in [5.41, 5.74) is 0. The molecule has 0 saturated carbocycles. The van der Waals surface area contributed by atoms with Gasteiger partial charge in [-0.05, 0) is 0 Å². The molecule has 18 N–H and O–H groups in total. The minimum Gasteiger partial charge on any atom is -0.344 e. The van der Waals surface area contributed by atoms with Crippen molar-refractivity contribution in [3.8, 4) is 0 Å². The van der Waals surface area contributed by atoms with Crippen LogP contribution in [0, 0.1) is 0 Å². The van der Waals surface area contributed by atoms with Crippen LogP contribution >= 0.6 is 0 Å². The summed E-state index contributed by atoms with van der Waals surface area (Å²) in [7, 11) is 0. The van der Waals surface area contributed by atoms with Crippen molar-refractivity contribution >= 4 is 0 Å². The first kappa shape index (κ1) is 2050. The Morgan fingerprint density at radius 2 is 0.286 bits per heavy atom. The molecular formula is H18N6Rh+2. The first-order valence-electron chi connectivity index (χ1n) is 0. The summed E-state index contributed by atoms with van der Waals surface area (Å²) in [6.07, 6.45) is 0. The summed E-state index contributed by atoms with van der Waals surface area (Å²) in [4.78, 5) is 0. The molecule has 0 atom stereocenters. The Balaban J connectivity index is 0. The normalized spacial score (nSPS) is 0. The second-order valence-electron chi connectivity index (χ2n) is 0. The maximum Gasteiger partial charge on any atom is 2.00 e. The van der Waals surface area contributed by atoms with Gasteiger partial charge in [0.25, 0.3) is 0 Å². The van der Waals surface area contributed by atoms with Gasteiger partial charge in [0.1, 0.15) is 0 Å². The molecule has 7 heteroatoms. The smallest absolute Gasteiger partial charge is 0.344 e. The third kappa shape index (κ3) is 834. The standard InChI is InChI=1S/6H3N.Rh/h6*1H3;/q;;;;;;+2. The average Bonchev–Trinajstić information content (AvgIpc) is 0. The van der Waals surface area contributed by atoms with Gasteiger partial charge in [0.15, 0.2) is 0 Å². The Morgan fingerprint density at radius 1 is 0.286 bits per heavy atom. The molecule has 1 radical (unpaired) electrons. The average molecular weight is 205 g/mol. The van der Waals surface area contributed by atoms with Crippen LogP contribution in [0.4, 0.5) is 0 Å². The molecule has 0 aromatic carbocycles. The van der Waals surface area contributed by atoms with E-state index in [1.807, 2.05) is 0 Å². The maximum atomic E-state index is 0. The fourth-order valence-corrected chi connectivity index (χ4v) is 0. The first-order valence-corrected chi connectivity index (χ1v) is 0. The summed E-state index contributed by atoms with van der Waals surface area (Å²) in [6.45, 7) is 0. The van der Waals surface area contributed by atoms with Crippen LogP contribution in [0.2, 0.25) is 0 Å². The molecule has 0 rings (SSSR count). The summed E-state index contributed by atoms with van der Waals surface area (Å²) < 4.78 is 0. The predicted octanol–water partition coefficient (Wildman–Crippen LogP) is 0.969. The van der Waals surface area contributed by atoms with E-state index in [1.165, 1.54) is 0 Å². The molecule has 0 aliphatic carbocycles. The molecule has 7 heavy (non-hydrogen) atoms. The molecule has 0 aliphatic heterocycles. The SMILES string of the molecule is N.N.N.N.N.N.[Rh+2]. The molecule has 0 aromatic rings. The number of rotatable bonds is 0. The van der Waals surface area contributed by atoms with Crippen molar-refractivity contribution in [2.45, 2.75) is 0 Å². The summed E-state index contributed by atoms with van der Waals surface area (Å²) in [5.74, 6) is 0. The molecule has 0 amide bonds. The molecule has 0 aliphatic rings. The molecule has 0 fully saturated rings. The maximum absolute atomic E-state index is 0. The molecule has 0 spiro atoms. The first-order chi connectivity index (χ1) is 0. The quantitative estimate of drug-likeness (QED) is 0.316. The Hall–Kier alpha value is 0.383. The molecule has 0 heterocycles. The van der Waals surface area contributed by atoms with Crippen molar-refractivity contribution in [2.24, 2.45) is 0 Å². The van der Waals surface area contributed by atoms with E-state index in [0.717, 1.165) is 0 Å². The van der Waals surface area contributed by atoms with E-state index in [2.05, 4.69) is 0 Å². The third-order valence-corrected chi connectivity index (χ3v) is 0. The largest absolute Gasteiger partial charge is 2.00 e. The molecule has 0 bridgehead atoms. The molecule has 0 unspecified atom stereocenters. The zero-order valence-corrected chi connectivity index (χ0v) is 6.21. The van der Waals surface area contributed by atoms with Gasteiger partial charge < -0.3 is 36.9 Å². The van der Waals surface area contributed by atoms with Gasteiger partial charge in [-0.3, -0.25) is 0 Å². The Bertz CT molecular complexity index is 4.14. The van der Waals surface area contributed by atoms with Gasteiger partial charge in [0, 0.05) is 0 Å². The number of hydrogen-bond acceptors (Lipinski definition) is 6. The van der Waals surface area contributed by atoms with E-state index in [-0.39, 0.29) is 56.4 Å². The Labute approximate surface area is 57.1 Å². The summed E-state index contributed by atoms with van der Waals surface area (Å²) in [5, 5.41) is 0. The topological polar surface area (TPSA) is 210 Å². The van der Waals surface area contributed by atoms with E-state index < -0.39 is 0 Å². The van der Waals surface area contributed by atoms with Crippen molar-refractivity contribution in [1.82, 2.24) is 36.9 Å². The molecule has 55 valence electrons. The van der Waals surface area contributed by atoms with Crippen molar-refractivity contribution in [3.05, 3.63) is 0 Å². The van der Waals surface area contributed by atoms with Crippen molar-refractivity contribution in [1.29, 1.82) is 0 Å². The molecule has 0 saturated heterocycles. The van der Waals surface area contributed by atoms with Gasteiger partial charge in [-0.2, -0.15) is 0 Å². The van der Waals surface area contributed by atoms with Gasteiger partial charge in [0.2, 0.25) is 0 Å². The minimum atomic E-state index is 0. The monoisotopic (exact) mass is 205 g/mol. The fourth-order valence-electron chi connectivity index (χ4n) is 0.